The molecule has 0 saturated carbocycles. The quantitative estimate of drug-likeness (QED) is 0.633. The van der Waals surface area contributed by atoms with Crippen molar-refractivity contribution in [3.05, 3.63) is 64.0 Å². The number of rotatable bonds is 7. The highest BCUT2D eigenvalue weighted by Gasteiger charge is 2.12. The zero-order valence-electron chi connectivity index (χ0n) is 14.5. The molecule has 8 heteroatoms. The molecule has 0 fully saturated rings. The van der Waals surface area contributed by atoms with Crippen molar-refractivity contribution >= 4 is 29.1 Å². The van der Waals surface area contributed by atoms with Crippen molar-refractivity contribution in [2.75, 3.05) is 7.11 Å². The molecule has 0 bridgehead atoms. The van der Waals surface area contributed by atoms with Crippen molar-refractivity contribution in [2.24, 2.45) is 0 Å². The number of ether oxygens (including phenoxy) is 1. The number of carbonyl (C=O) groups excluding carboxylic acids is 1. The van der Waals surface area contributed by atoms with E-state index >= 15 is 0 Å². The van der Waals surface area contributed by atoms with Gasteiger partial charge in [0.05, 0.1) is 13.7 Å². The molecular weight excluding hydrogens is 389 g/mol. The Kier molecular flexibility index (Phi) is 6.32. The van der Waals surface area contributed by atoms with E-state index in [9.17, 15) is 4.79 Å². The number of hydrogen-bond acceptors (Lipinski definition) is 5. The Bertz CT molecular complexity index is 906. The first kappa shape index (κ1) is 19.2. The monoisotopic (exact) mass is 405 g/mol. The Morgan fingerprint density at radius 2 is 1.85 bits per heavy atom. The third-order valence-electron chi connectivity index (χ3n) is 3.92. The van der Waals surface area contributed by atoms with Gasteiger partial charge in [0.2, 0.25) is 17.6 Å². The van der Waals surface area contributed by atoms with Crippen LogP contribution in [0, 0.1) is 0 Å². The molecule has 0 saturated heterocycles. The van der Waals surface area contributed by atoms with Gasteiger partial charge >= 0.3 is 0 Å². The highest BCUT2D eigenvalue weighted by Crippen LogP contribution is 2.25. The third kappa shape index (κ3) is 4.99. The molecule has 3 aromatic rings. The molecular formula is C19H17Cl2N3O3. The number of carbonyl (C=O) groups is 1. The predicted octanol–water partition coefficient (Wildman–Crippen LogP) is 4.30. The Balaban J connectivity index is 1.52. The molecule has 140 valence electrons. The summed E-state index contributed by atoms with van der Waals surface area (Å²) < 4.78 is 10.3. The van der Waals surface area contributed by atoms with Crippen LogP contribution >= 0.6 is 23.2 Å². The summed E-state index contributed by atoms with van der Waals surface area (Å²) in [6, 6.07) is 12.6. The highest BCUT2D eigenvalue weighted by atomic mass is 35.5. The molecule has 0 radical (unpaired) electrons. The molecule has 2 aromatic carbocycles. The minimum absolute atomic E-state index is 0.151. The van der Waals surface area contributed by atoms with Crippen LogP contribution in [-0.2, 0) is 17.8 Å². The first-order chi connectivity index (χ1) is 13.1. The van der Waals surface area contributed by atoms with Crippen molar-refractivity contribution < 1.29 is 14.1 Å². The Morgan fingerprint density at radius 1 is 1.15 bits per heavy atom. The number of halogens is 2. The second kappa shape index (κ2) is 8.88. The largest absolute Gasteiger partial charge is 0.497 e. The lowest BCUT2D eigenvalue weighted by Gasteiger charge is -2.06. The summed E-state index contributed by atoms with van der Waals surface area (Å²) >= 11 is 12.2. The van der Waals surface area contributed by atoms with Crippen LogP contribution in [0.4, 0.5) is 0 Å². The van der Waals surface area contributed by atoms with E-state index in [-0.39, 0.29) is 18.9 Å². The van der Waals surface area contributed by atoms with E-state index in [0.717, 1.165) is 16.9 Å². The topological polar surface area (TPSA) is 77.3 Å². The van der Waals surface area contributed by atoms with Crippen molar-refractivity contribution in [1.29, 1.82) is 0 Å². The molecule has 0 spiro atoms. The van der Waals surface area contributed by atoms with Gasteiger partial charge in [-0.1, -0.05) is 34.4 Å². The van der Waals surface area contributed by atoms with Crippen molar-refractivity contribution in [2.45, 2.75) is 19.4 Å². The van der Waals surface area contributed by atoms with Crippen LogP contribution < -0.4 is 10.1 Å². The van der Waals surface area contributed by atoms with Crippen LogP contribution in [0.5, 0.6) is 5.75 Å². The molecule has 1 aromatic heterocycles. The van der Waals surface area contributed by atoms with E-state index in [1.807, 2.05) is 24.3 Å². The summed E-state index contributed by atoms with van der Waals surface area (Å²) in [5.74, 6) is 1.36. The average molecular weight is 406 g/mol. The number of amides is 1. The van der Waals surface area contributed by atoms with Crippen molar-refractivity contribution in [1.82, 2.24) is 15.5 Å². The van der Waals surface area contributed by atoms with Crippen LogP contribution in [0.1, 0.15) is 17.9 Å². The lowest BCUT2D eigenvalue weighted by molar-refractivity contribution is -0.121. The molecule has 0 aliphatic heterocycles. The number of nitrogens with zero attached hydrogens (tertiary/aromatic N) is 2. The molecule has 0 aliphatic rings. The first-order valence-corrected chi connectivity index (χ1v) is 8.99. The van der Waals surface area contributed by atoms with Crippen LogP contribution in [0.3, 0.4) is 0 Å². The van der Waals surface area contributed by atoms with Gasteiger partial charge in [-0.3, -0.25) is 4.79 Å². The molecule has 27 heavy (non-hydrogen) atoms. The van der Waals surface area contributed by atoms with Gasteiger partial charge in [-0.2, -0.15) is 4.98 Å². The average Bonchev–Trinajstić information content (AvgIpc) is 3.15. The van der Waals surface area contributed by atoms with E-state index < -0.39 is 0 Å². The second-order valence-corrected chi connectivity index (χ2v) is 6.53. The smallest absolute Gasteiger partial charge is 0.246 e. The van der Waals surface area contributed by atoms with Gasteiger partial charge in [0.15, 0.2) is 0 Å². The van der Waals surface area contributed by atoms with E-state index in [0.29, 0.717) is 28.2 Å². The molecule has 1 amide bonds. The number of benzene rings is 2. The minimum atomic E-state index is -0.157. The van der Waals surface area contributed by atoms with Gasteiger partial charge in [-0.15, -0.1) is 0 Å². The molecule has 6 nitrogen and oxygen atoms in total. The van der Waals surface area contributed by atoms with Gasteiger partial charge in [-0.05, 0) is 48.4 Å². The molecule has 0 atom stereocenters. The summed E-state index contributed by atoms with van der Waals surface area (Å²) in [5, 5.41) is 7.78. The predicted molar refractivity (Wildman–Crippen MR) is 103 cm³/mol. The number of aromatic nitrogens is 2. The van der Waals surface area contributed by atoms with E-state index in [1.165, 1.54) is 0 Å². The summed E-state index contributed by atoms with van der Waals surface area (Å²) in [5.41, 5.74) is 1.56. The Hall–Kier alpha value is -2.57. The summed E-state index contributed by atoms with van der Waals surface area (Å²) in [4.78, 5) is 16.3. The minimum Gasteiger partial charge on any atom is -0.497 e. The molecule has 0 aliphatic carbocycles. The number of hydrogen-bond donors (Lipinski definition) is 1. The fourth-order valence-corrected chi connectivity index (χ4v) is 3.04. The SMILES string of the molecule is COc1ccc(-c2noc(CNC(=O)CCc3c(Cl)cccc3Cl)n2)cc1. The zero-order valence-corrected chi connectivity index (χ0v) is 16.0. The fraction of sp³-hybridized carbons (Fsp3) is 0.211. The zero-order chi connectivity index (χ0) is 19.2. The van der Waals surface area contributed by atoms with Gasteiger partial charge in [0.1, 0.15) is 5.75 Å². The van der Waals surface area contributed by atoms with Gasteiger partial charge < -0.3 is 14.6 Å². The third-order valence-corrected chi connectivity index (χ3v) is 4.63. The van der Waals surface area contributed by atoms with Crippen LogP contribution in [0.15, 0.2) is 47.0 Å². The Labute approximate surface area is 166 Å². The van der Waals surface area contributed by atoms with Crippen LogP contribution in [-0.4, -0.2) is 23.2 Å². The molecule has 3 rings (SSSR count). The first-order valence-electron chi connectivity index (χ1n) is 8.23. The van der Waals surface area contributed by atoms with Gasteiger partial charge in [0.25, 0.3) is 0 Å². The molecule has 0 unspecified atom stereocenters. The van der Waals surface area contributed by atoms with E-state index in [1.54, 1.807) is 25.3 Å². The summed E-state index contributed by atoms with van der Waals surface area (Å²) in [7, 11) is 1.60. The normalized spacial score (nSPS) is 10.6. The second-order valence-electron chi connectivity index (χ2n) is 5.72. The fourth-order valence-electron chi connectivity index (χ4n) is 2.46. The van der Waals surface area contributed by atoms with Crippen molar-refractivity contribution in [3.63, 3.8) is 0 Å². The summed E-state index contributed by atoms with van der Waals surface area (Å²) in [6.07, 6.45) is 0.703. The molecule has 1 heterocycles. The van der Waals surface area contributed by atoms with Gasteiger partial charge in [-0.25, -0.2) is 0 Å². The standard InChI is InChI=1S/C19H17Cl2N3O3/c1-26-13-7-5-12(6-8-13)19-23-18(27-24-19)11-22-17(25)10-9-14-15(20)3-2-4-16(14)21/h2-8H,9-11H2,1H3,(H,22,25). The number of nitrogens with one attached hydrogen (secondary N) is 1. The van der Waals surface area contributed by atoms with E-state index in [4.69, 9.17) is 32.5 Å². The maximum atomic E-state index is 12.1. The van der Waals surface area contributed by atoms with Crippen molar-refractivity contribution in [3.8, 4) is 17.1 Å². The Morgan fingerprint density at radius 3 is 2.52 bits per heavy atom. The maximum absolute atomic E-state index is 12.1. The maximum Gasteiger partial charge on any atom is 0.246 e. The lowest BCUT2D eigenvalue weighted by Crippen LogP contribution is -2.23. The van der Waals surface area contributed by atoms with Gasteiger partial charge in [0, 0.05) is 22.0 Å². The van der Waals surface area contributed by atoms with Crippen LogP contribution in [0.25, 0.3) is 11.4 Å². The summed E-state index contributed by atoms with van der Waals surface area (Å²) in [6.45, 7) is 0.151. The highest BCUT2D eigenvalue weighted by molar-refractivity contribution is 6.36. The van der Waals surface area contributed by atoms with Crippen LogP contribution in [0.2, 0.25) is 10.0 Å². The number of methoxy groups -OCH3 is 1. The van der Waals surface area contributed by atoms with E-state index in [2.05, 4.69) is 15.5 Å². The lowest BCUT2D eigenvalue weighted by atomic mass is 10.1. The molecule has 1 N–H and O–H groups in total.